The molecule has 1 N–H and O–H groups in total. The molecule has 0 radical (unpaired) electrons. The molecule has 0 aliphatic heterocycles. The lowest BCUT2D eigenvalue weighted by Gasteiger charge is -2.26. The molecule has 0 amide bonds. The van der Waals surface area contributed by atoms with E-state index in [1.807, 2.05) is 0 Å². The first-order valence-corrected chi connectivity index (χ1v) is 16.0. The number of benzene rings is 2. The number of carbonyl (C=O) groups is 1. The number of rotatable bonds is 13. The summed E-state index contributed by atoms with van der Waals surface area (Å²) in [5.74, 6) is -1.44. The maximum atomic E-state index is 14.0. The number of aromatic nitrogens is 4. The Hall–Kier alpha value is -5.01. The monoisotopic (exact) mass is 751 g/mol. The molecule has 4 rings (SSSR count). The van der Waals surface area contributed by atoms with Crippen LogP contribution >= 0.6 is 0 Å². The summed E-state index contributed by atoms with van der Waals surface area (Å²) in [4.78, 5) is 28.1. The highest BCUT2D eigenvalue weighted by molar-refractivity contribution is 7.84. The van der Waals surface area contributed by atoms with Gasteiger partial charge >= 0.3 is 24.5 Å². The van der Waals surface area contributed by atoms with Gasteiger partial charge in [-0.25, -0.2) is 19.9 Å². The third-order valence-corrected chi connectivity index (χ3v) is 7.69. The summed E-state index contributed by atoms with van der Waals surface area (Å²) in [5.41, 5.74) is -5.27. The van der Waals surface area contributed by atoms with Crippen molar-refractivity contribution in [2.45, 2.75) is 49.6 Å². The fourth-order valence-electron chi connectivity index (χ4n) is 4.66. The van der Waals surface area contributed by atoms with Gasteiger partial charge < -0.3 is 19.5 Å². The standard InChI is InChI=1S/C31H26F9N5O5S/c1-49-24-14-43-28(51(2)48)44-26(24)23-6-5-19(29(32,33)34)10-18(23)16-45(27-41-12-22(13-42-27)50-7-3-4-25(46)47)15-17-8-20(30(35,36)37)11-21(9-17)31(38,39)40/h5-6,8-14H,3-4,7,15-16H2,1-2H3,(H,46,47). The molecule has 1 unspecified atom stereocenters. The predicted octanol–water partition coefficient (Wildman–Crippen LogP) is 7.19. The van der Waals surface area contributed by atoms with Gasteiger partial charge in [0.2, 0.25) is 11.1 Å². The number of methoxy groups -OCH3 is 1. The quantitative estimate of drug-likeness (QED) is 0.0853. The topological polar surface area (TPSA) is 128 Å². The molecule has 1 atom stereocenters. The molecule has 20 heteroatoms. The minimum Gasteiger partial charge on any atom is -0.493 e. The second-order valence-corrected chi connectivity index (χ2v) is 12.0. The van der Waals surface area contributed by atoms with Crippen molar-refractivity contribution in [1.29, 1.82) is 0 Å². The van der Waals surface area contributed by atoms with E-state index in [-0.39, 0.29) is 64.9 Å². The minimum absolute atomic E-state index is 0.0214. The van der Waals surface area contributed by atoms with E-state index in [4.69, 9.17) is 14.6 Å². The number of alkyl halides is 9. The first-order valence-electron chi connectivity index (χ1n) is 14.4. The van der Waals surface area contributed by atoms with Crippen molar-refractivity contribution in [2.75, 3.05) is 24.9 Å². The van der Waals surface area contributed by atoms with Gasteiger partial charge in [-0.15, -0.1) is 0 Å². The highest BCUT2D eigenvalue weighted by atomic mass is 32.2. The molecule has 0 aliphatic carbocycles. The summed E-state index contributed by atoms with van der Waals surface area (Å²) in [6, 6.07) is 3.33. The van der Waals surface area contributed by atoms with Crippen molar-refractivity contribution in [3.05, 3.63) is 82.8 Å². The molecule has 0 bridgehead atoms. The van der Waals surface area contributed by atoms with Gasteiger partial charge in [-0.05, 0) is 47.9 Å². The number of aliphatic carboxylic acids is 1. The summed E-state index contributed by atoms with van der Waals surface area (Å²) in [5, 5.41) is 8.59. The zero-order valence-electron chi connectivity index (χ0n) is 26.4. The summed E-state index contributed by atoms with van der Waals surface area (Å²) >= 11 is 0. The number of hydrogen-bond acceptors (Lipinski definition) is 9. The maximum Gasteiger partial charge on any atom is 0.416 e. The van der Waals surface area contributed by atoms with Crippen LogP contribution in [0.1, 0.15) is 40.7 Å². The second kappa shape index (κ2) is 15.5. The van der Waals surface area contributed by atoms with Crippen LogP contribution in [0.3, 0.4) is 0 Å². The number of nitrogens with zero attached hydrogens (tertiary/aromatic N) is 5. The summed E-state index contributed by atoms with van der Waals surface area (Å²) in [6.07, 6.45) is -10.8. The molecule has 0 aliphatic rings. The van der Waals surface area contributed by atoms with Crippen molar-refractivity contribution in [3.63, 3.8) is 0 Å². The Morgan fingerprint density at radius 3 is 1.98 bits per heavy atom. The van der Waals surface area contributed by atoms with Gasteiger partial charge in [-0.2, -0.15) is 39.5 Å². The fourth-order valence-corrected chi connectivity index (χ4v) is 5.08. The Balaban J connectivity index is 1.88. The average molecular weight is 752 g/mol. The largest absolute Gasteiger partial charge is 0.493 e. The lowest BCUT2D eigenvalue weighted by molar-refractivity contribution is -0.143. The molecular formula is C31H26F9N5O5S. The zero-order valence-corrected chi connectivity index (χ0v) is 27.2. The van der Waals surface area contributed by atoms with Gasteiger partial charge in [0.1, 0.15) is 5.69 Å². The number of ether oxygens (including phenoxy) is 2. The van der Waals surface area contributed by atoms with Crippen LogP contribution in [0.15, 0.2) is 60.1 Å². The molecule has 0 saturated heterocycles. The molecule has 2 aromatic heterocycles. The molecule has 4 aromatic rings. The predicted molar refractivity (Wildman–Crippen MR) is 162 cm³/mol. The SMILES string of the molecule is COc1cnc(S(C)=O)nc1-c1ccc(C(F)(F)F)cc1CN(Cc1cc(C(F)(F)F)cc(C(F)(F)F)c1)c1ncc(OCCCC(=O)O)cn1. The van der Waals surface area contributed by atoms with Gasteiger partial charge in [0, 0.05) is 31.3 Å². The molecule has 10 nitrogen and oxygen atoms in total. The number of carboxylic acid groups (broad SMARTS) is 1. The number of halogens is 9. The number of carboxylic acids is 1. The lowest BCUT2D eigenvalue weighted by Crippen LogP contribution is -2.26. The summed E-state index contributed by atoms with van der Waals surface area (Å²) in [7, 11) is -0.542. The number of hydrogen-bond donors (Lipinski definition) is 1. The highest BCUT2D eigenvalue weighted by Gasteiger charge is 2.37. The summed E-state index contributed by atoms with van der Waals surface area (Å²) < 4.78 is 147. The fraction of sp³-hybridized carbons (Fsp3) is 0.323. The Labute approximate surface area is 285 Å². The minimum atomic E-state index is -5.19. The van der Waals surface area contributed by atoms with Crippen LogP contribution in [0.2, 0.25) is 0 Å². The van der Waals surface area contributed by atoms with Crippen LogP contribution in [0.5, 0.6) is 11.5 Å². The van der Waals surface area contributed by atoms with Gasteiger partial charge in [0.15, 0.2) is 11.5 Å². The van der Waals surface area contributed by atoms with E-state index < -0.39 is 70.6 Å². The smallest absolute Gasteiger partial charge is 0.416 e. The molecule has 0 saturated carbocycles. The van der Waals surface area contributed by atoms with Crippen LogP contribution in [0, 0.1) is 0 Å². The molecule has 274 valence electrons. The third-order valence-electron chi connectivity index (χ3n) is 6.98. The number of anilines is 1. The van der Waals surface area contributed by atoms with Crippen molar-refractivity contribution < 1.29 is 63.1 Å². The third kappa shape index (κ3) is 10.3. The first kappa shape index (κ1) is 38.8. The van der Waals surface area contributed by atoms with Crippen LogP contribution < -0.4 is 14.4 Å². The van der Waals surface area contributed by atoms with E-state index in [1.54, 1.807) is 0 Å². The van der Waals surface area contributed by atoms with Crippen LogP contribution in [-0.4, -0.2) is 55.2 Å². The van der Waals surface area contributed by atoms with E-state index in [1.165, 1.54) is 13.4 Å². The Morgan fingerprint density at radius 1 is 0.843 bits per heavy atom. The van der Waals surface area contributed by atoms with Crippen molar-refractivity contribution >= 4 is 22.7 Å². The second-order valence-electron chi connectivity index (χ2n) is 10.7. The van der Waals surface area contributed by atoms with Crippen molar-refractivity contribution in [1.82, 2.24) is 19.9 Å². The Bertz CT molecular complexity index is 1860. The van der Waals surface area contributed by atoms with Gasteiger partial charge in [0.05, 0.1) is 59.8 Å². The Morgan fingerprint density at radius 2 is 1.45 bits per heavy atom. The molecular weight excluding hydrogens is 725 g/mol. The van der Waals surface area contributed by atoms with E-state index >= 15 is 0 Å². The van der Waals surface area contributed by atoms with E-state index in [9.17, 15) is 48.5 Å². The molecule has 2 aromatic carbocycles. The van der Waals surface area contributed by atoms with Gasteiger partial charge in [0.25, 0.3) is 0 Å². The van der Waals surface area contributed by atoms with Crippen LogP contribution in [0.4, 0.5) is 45.5 Å². The maximum absolute atomic E-state index is 14.0. The van der Waals surface area contributed by atoms with Gasteiger partial charge in [-0.3, -0.25) is 9.00 Å². The van der Waals surface area contributed by atoms with Crippen molar-refractivity contribution in [2.24, 2.45) is 0 Å². The Kier molecular flexibility index (Phi) is 11.8. The van der Waals surface area contributed by atoms with Crippen LogP contribution in [-0.2, 0) is 47.2 Å². The molecule has 51 heavy (non-hydrogen) atoms. The van der Waals surface area contributed by atoms with E-state index in [0.29, 0.717) is 18.2 Å². The zero-order chi connectivity index (χ0) is 37.7. The molecule has 2 heterocycles. The van der Waals surface area contributed by atoms with E-state index in [0.717, 1.165) is 35.6 Å². The normalized spacial score (nSPS) is 12.8. The van der Waals surface area contributed by atoms with Crippen molar-refractivity contribution in [3.8, 4) is 22.8 Å². The molecule has 0 fully saturated rings. The first-order chi connectivity index (χ1) is 23.8. The van der Waals surface area contributed by atoms with Gasteiger partial charge in [-0.1, -0.05) is 6.07 Å². The van der Waals surface area contributed by atoms with E-state index in [2.05, 4.69) is 19.9 Å². The highest BCUT2D eigenvalue weighted by Crippen LogP contribution is 2.39. The molecule has 0 spiro atoms. The average Bonchev–Trinajstić information content (AvgIpc) is 3.05. The lowest BCUT2D eigenvalue weighted by atomic mass is 9.99. The summed E-state index contributed by atoms with van der Waals surface area (Å²) in [6.45, 7) is -1.48. The van der Waals surface area contributed by atoms with Crippen LogP contribution in [0.25, 0.3) is 11.3 Å².